The van der Waals surface area contributed by atoms with Crippen LogP contribution < -0.4 is 34.7 Å². The Bertz CT molecular complexity index is 285. The summed E-state index contributed by atoms with van der Waals surface area (Å²) in [5.74, 6) is -1.26. The van der Waals surface area contributed by atoms with Gasteiger partial charge in [0.2, 0.25) is 0 Å². The van der Waals surface area contributed by atoms with E-state index in [0.717, 1.165) is 11.8 Å². The zero-order chi connectivity index (χ0) is 8.81. The zero-order valence-corrected chi connectivity index (χ0v) is 9.43. The molecule has 0 saturated heterocycles. The summed E-state index contributed by atoms with van der Waals surface area (Å²) in [4.78, 5) is 13.6. The Morgan fingerprint density at radius 2 is 2.00 bits per heavy atom. The van der Waals surface area contributed by atoms with Crippen molar-refractivity contribution in [1.29, 1.82) is 0 Å². The van der Waals surface area contributed by atoms with Crippen molar-refractivity contribution >= 4 is 12.2 Å². The Morgan fingerprint density at radius 3 is 2.54 bits per heavy atom. The molecule has 1 aromatic carbocycles. The molecule has 1 aromatic rings. The molecule has 62 valence electrons. The van der Waals surface area contributed by atoms with E-state index in [9.17, 15) is 9.90 Å². The van der Waals surface area contributed by atoms with Gasteiger partial charge in [-0.1, -0.05) is 30.3 Å². The van der Waals surface area contributed by atoms with Gasteiger partial charge in [0.15, 0.2) is 0 Å². The molecule has 0 fully saturated rings. The number of carboxylic acid groups (broad SMARTS) is 1. The summed E-state index contributed by atoms with van der Waals surface area (Å²) in [6, 6.07) is 9.42. The number of nitrogens with zero attached hydrogens (tertiary/aromatic N) is 1. The third-order valence-electron chi connectivity index (χ3n) is 1.31. The van der Waals surface area contributed by atoms with Crippen molar-refractivity contribution in [2.75, 3.05) is 0 Å². The van der Waals surface area contributed by atoms with E-state index < -0.39 is 5.97 Å². The SMILES string of the molecule is O=C([O-])C=NCc1ccccc1.[Na+]. The molecule has 0 atom stereocenters. The Morgan fingerprint density at radius 1 is 1.38 bits per heavy atom. The molecule has 0 aliphatic rings. The quantitative estimate of drug-likeness (QED) is 0.372. The molecule has 0 spiro atoms. The van der Waals surface area contributed by atoms with Crippen molar-refractivity contribution in [2.45, 2.75) is 6.54 Å². The zero-order valence-electron chi connectivity index (χ0n) is 7.43. The Kier molecular flexibility index (Phi) is 6.49. The second kappa shape index (κ2) is 6.83. The van der Waals surface area contributed by atoms with Gasteiger partial charge < -0.3 is 9.90 Å². The molecule has 0 amide bonds. The summed E-state index contributed by atoms with van der Waals surface area (Å²) in [7, 11) is 0. The third kappa shape index (κ3) is 5.58. The van der Waals surface area contributed by atoms with Crippen LogP contribution in [-0.2, 0) is 11.3 Å². The van der Waals surface area contributed by atoms with Crippen molar-refractivity contribution in [1.82, 2.24) is 0 Å². The maximum Gasteiger partial charge on any atom is 1.00 e. The molecule has 0 aromatic heterocycles. The number of hydrogen-bond donors (Lipinski definition) is 0. The van der Waals surface area contributed by atoms with Gasteiger partial charge in [-0.25, -0.2) is 0 Å². The van der Waals surface area contributed by atoms with E-state index in [1.165, 1.54) is 0 Å². The Balaban J connectivity index is 0.00000144. The maximum absolute atomic E-state index is 9.93. The number of carbonyl (C=O) groups excluding carboxylic acids is 1. The van der Waals surface area contributed by atoms with Crippen LogP contribution in [0, 0.1) is 0 Å². The molecule has 1 rings (SSSR count). The average molecular weight is 185 g/mol. The molecule has 13 heavy (non-hydrogen) atoms. The normalized spacial score (nSPS) is 9.54. The van der Waals surface area contributed by atoms with Gasteiger partial charge in [-0.3, -0.25) is 4.99 Å². The molecule has 3 nitrogen and oxygen atoms in total. The fraction of sp³-hybridized carbons (Fsp3) is 0.111. The van der Waals surface area contributed by atoms with Gasteiger partial charge in [-0.15, -0.1) is 0 Å². The first kappa shape index (κ1) is 12.4. The van der Waals surface area contributed by atoms with E-state index >= 15 is 0 Å². The molecule has 0 aliphatic carbocycles. The average Bonchev–Trinajstić information content (AvgIpc) is 2.05. The largest absolute Gasteiger partial charge is 1.00 e. The van der Waals surface area contributed by atoms with Crippen molar-refractivity contribution in [3.63, 3.8) is 0 Å². The summed E-state index contributed by atoms with van der Waals surface area (Å²) < 4.78 is 0. The minimum atomic E-state index is -1.26. The second-order valence-electron chi connectivity index (χ2n) is 2.27. The number of aliphatic carboxylic acids is 1. The van der Waals surface area contributed by atoms with Gasteiger partial charge in [-0.05, 0) is 5.56 Å². The second-order valence-corrected chi connectivity index (χ2v) is 2.27. The molecule has 0 saturated carbocycles. The molecule has 0 unspecified atom stereocenters. The number of rotatable bonds is 3. The van der Waals surface area contributed by atoms with Crippen LogP contribution in [0.1, 0.15) is 5.56 Å². The van der Waals surface area contributed by atoms with Crippen LogP contribution in [-0.4, -0.2) is 12.2 Å². The van der Waals surface area contributed by atoms with E-state index in [1.807, 2.05) is 30.3 Å². The molecule has 0 radical (unpaired) electrons. The molecule has 0 bridgehead atoms. The molecular formula is C9H8NNaO2. The van der Waals surface area contributed by atoms with Crippen LogP contribution >= 0.6 is 0 Å². The monoisotopic (exact) mass is 185 g/mol. The Hall–Kier alpha value is -0.640. The number of hydrogen-bond acceptors (Lipinski definition) is 3. The van der Waals surface area contributed by atoms with Crippen LogP contribution in [0.25, 0.3) is 0 Å². The third-order valence-corrected chi connectivity index (χ3v) is 1.31. The van der Waals surface area contributed by atoms with Gasteiger partial charge >= 0.3 is 29.6 Å². The number of benzene rings is 1. The first-order valence-electron chi connectivity index (χ1n) is 3.54. The first-order chi connectivity index (χ1) is 5.79. The minimum Gasteiger partial charge on any atom is -0.544 e. The molecule has 0 N–H and O–H groups in total. The van der Waals surface area contributed by atoms with Gasteiger partial charge in [0, 0.05) is 6.21 Å². The van der Waals surface area contributed by atoms with Gasteiger partial charge in [0.1, 0.15) is 0 Å². The first-order valence-corrected chi connectivity index (χ1v) is 3.54. The summed E-state index contributed by atoms with van der Waals surface area (Å²) >= 11 is 0. The number of carbonyl (C=O) groups is 1. The predicted molar refractivity (Wildman–Crippen MR) is 43.6 cm³/mol. The van der Waals surface area contributed by atoms with Crippen LogP contribution in [0.5, 0.6) is 0 Å². The molecule has 0 aliphatic heterocycles. The van der Waals surface area contributed by atoms with E-state index in [4.69, 9.17) is 0 Å². The number of aliphatic imine (C=N–C) groups is 1. The van der Waals surface area contributed by atoms with Crippen molar-refractivity contribution < 1.29 is 39.5 Å². The topological polar surface area (TPSA) is 52.5 Å². The van der Waals surface area contributed by atoms with E-state index in [1.54, 1.807) is 0 Å². The van der Waals surface area contributed by atoms with E-state index in [2.05, 4.69) is 4.99 Å². The summed E-state index contributed by atoms with van der Waals surface area (Å²) in [5, 5.41) is 9.93. The predicted octanol–water partition coefficient (Wildman–Crippen LogP) is -2.99. The van der Waals surface area contributed by atoms with Gasteiger partial charge in [0.25, 0.3) is 0 Å². The van der Waals surface area contributed by atoms with Crippen LogP contribution in [0.4, 0.5) is 0 Å². The van der Waals surface area contributed by atoms with E-state index in [-0.39, 0.29) is 29.6 Å². The summed E-state index contributed by atoms with van der Waals surface area (Å²) in [6.07, 6.45) is 0.799. The standard InChI is InChI=1S/C9H9NO2.Na/c11-9(12)7-10-6-8-4-2-1-3-5-8;/h1-5,7H,6H2,(H,11,12);/q;+1/p-1. The van der Waals surface area contributed by atoms with E-state index in [0.29, 0.717) is 6.54 Å². The van der Waals surface area contributed by atoms with Crippen LogP contribution in [0.3, 0.4) is 0 Å². The number of carboxylic acids is 1. The van der Waals surface area contributed by atoms with Crippen molar-refractivity contribution in [2.24, 2.45) is 4.99 Å². The van der Waals surface area contributed by atoms with Crippen molar-refractivity contribution in [3.8, 4) is 0 Å². The van der Waals surface area contributed by atoms with Crippen LogP contribution in [0.15, 0.2) is 35.3 Å². The Labute approximate surface area is 98.8 Å². The molecule has 0 heterocycles. The summed E-state index contributed by atoms with van der Waals surface area (Å²) in [6.45, 7) is 0.384. The smallest absolute Gasteiger partial charge is 0.544 e. The van der Waals surface area contributed by atoms with Crippen LogP contribution in [0.2, 0.25) is 0 Å². The maximum atomic E-state index is 9.93. The van der Waals surface area contributed by atoms with Crippen molar-refractivity contribution in [3.05, 3.63) is 35.9 Å². The molecule has 4 heteroatoms. The fourth-order valence-corrected chi connectivity index (χ4v) is 0.809. The van der Waals surface area contributed by atoms with Gasteiger partial charge in [0.05, 0.1) is 12.5 Å². The summed E-state index contributed by atoms with van der Waals surface area (Å²) in [5.41, 5.74) is 0.981. The fourth-order valence-electron chi connectivity index (χ4n) is 0.809. The molecular weight excluding hydrogens is 177 g/mol. The van der Waals surface area contributed by atoms with Gasteiger partial charge in [-0.2, -0.15) is 0 Å². The minimum absolute atomic E-state index is 0.